The van der Waals surface area contributed by atoms with Gasteiger partial charge < -0.3 is 5.32 Å². The van der Waals surface area contributed by atoms with Gasteiger partial charge in [-0.15, -0.1) is 0 Å². The van der Waals surface area contributed by atoms with E-state index >= 15 is 0 Å². The summed E-state index contributed by atoms with van der Waals surface area (Å²) in [6, 6.07) is 21.2. The second-order valence-corrected chi connectivity index (χ2v) is 7.92. The van der Waals surface area contributed by atoms with Crippen LogP contribution in [0.3, 0.4) is 0 Å². The molecule has 0 saturated carbocycles. The Morgan fingerprint density at radius 1 is 0.909 bits per heavy atom. The average Bonchev–Trinajstić information content (AvgIpc) is 3.31. The van der Waals surface area contributed by atoms with E-state index < -0.39 is 35.7 Å². The van der Waals surface area contributed by atoms with Crippen molar-refractivity contribution in [1.29, 1.82) is 0 Å². The van der Waals surface area contributed by atoms with Gasteiger partial charge in [0, 0.05) is 12.6 Å². The number of rotatable bonds is 4. The van der Waals surface area contributed by atoms with E-state index in [1.54, 1.807) is 35.4 Å². The van der Waals surface area contributed by atoms with Crippen LogP contribution in [-0.4, -0.2) is 23.8 Å². The lowest BCUT2D eigenvalue weighted by molar-refractivity contribution is -0.126. The van der Waals surface area contributed by atoms with Crippen LogP contribution in [0.1, 0.15) is 18.5 Å². The van der Waals surface area contributed by atoms with Gasteiger partial charge in [0.25, 0.3) is 5.91 Å². The number of para-hydroxylation sites is 2. The Bertz CT molecular complexity index is 1230. The van der Waals surface area contributed by atoms with Crippen LogP contribution >= 0.6 is 0 Å². The Morgan fingerprint density at radius 3 is 2.24 bits per heavy atom. The third-order valence-electron chi connectivity index (χ3n) is 5.79. The van der Waals surface area contributed by atoms with Crippen LogP contribution in [0.25, 0.3) is 0 Å². The third kappa shape index (κ3) is 3.54. The molecule has 3 aromatic rings. The van der Waals surface area contributed by atoms with Crippen molar-refractivity contribution in [3.63, 3.8) is 0 Å². The van der Waals surface area contributed by atoms with Gasteiger partial charge in [0.2, 0.25) is 11.8 Å². The number of nitrogens with one attached hydrogen (secondary N) is 1. The summed E-state index contributed by atoms with van der Waals surface area (Å²) in [6.07, 6.45) is -1.09. The molecule has 33 heavy (non-hydrogen) atoms. The smallest absolute Gasteiger partial charge is 0.266 e. The van der Waals surface area contributed by atoms with Crippen molar-refractivity contribution in [2.24, 2.45) is 5.92 Å². The van der Waals surface area contributed by atoms with Crippen LogP contribution in [0.2, 0.25) is 0 Å². The van der Waals surface area contributed by atoms with Gasteiger partial charge in [-0.25, -0.2) is 14.4 Å². The van der Waals surface area contributed by atoms with Crippen molar-refractivity contribution < 1.29 is 23.6 Å². The fraction of sp³-hybridized carbons (Fsp3) is 0.160. The van der Waals surface area contributed by atoms with Gasteiger partial charge >= 0.3 is 0 Å². The molecule has 8 heteroatoms. The number of imide groups is 1. The molecule has 5 rings (SSSR count). The van der Waals surface area contributed by atoms with Gasteiger partial charge in [-0.1, -0.05) is 42.5 Å². The molecular formula is C25H20FN3O4. The molecule has 0 radical (unpaired) electrons. The number of benzene rings is 3. The number of carbonyl (C=O) groups is 3. The highest BCUT2D eigenvalue weighted by atomic mass is 19.1. The van der Waals surface area contributed by atoms with Gasteiger partial charge in [-0.3, -0.25) is 19.2 Å². The lowest BCUT2D eigenvalue weighted by Gasteiger charge is -2.29. The predicted octanol–water partition coefficient (Wildman–Crippen LogP) is 3.84. The minimum Gasteiger partial charge on any atom is -0.326 e. The molecule has 3 atom stereocenters. The van der Waals surface area contributed by atoms with Crippen LogP contribution in [0.15, 0.2) is 78.9 Å². The molecule has 0 bridgehead atoms. The second kappa shape index (κ2) is 8.14. The van der Waals surface area contributed by atoms with E-state index in [2.05, 4.69) is 5.32 Å². The predicted molar refractivity (Wildman–Crippen MR) is 120 cm³/mol. The number of hydroxylamine groups is 1. The van der Waals surface area contributed by atoms with Crippen molar-refractivity contribution in [3.05, 3.63) is 90.2 Å². The lowest BCUT2D eigenvalue weighted by atomic mass is 9.90. The maximum absolute atomic E-state index is 14.4. The molecule has 2 aliphatic heterocycles. The van der Waals surface area contributed by atoms with E-state index in [9.17, 15) is 18.8 Å². The number of anilines is 3. The SMILES string of the molecule is CC(=O)Nc1ccc([C@@H]2[C@@H]3C(=O)N(c4ccccc4F)C(=O)[C@H]3ON2c2ccccc2)cc1. The maximum Gasteiger partial charge on any atom is 0.266 e. The van der Waals surface area contributed by atoms with Crippen LogP contribution in [0.5, 0.6) is 0 Å². The Hall–Kier alpha value is -4.04. The number of hydrogen-bond donors (Lipinski definition) is 1. The summed E-state index contributed by atoms with van der Waals surface area (Å²) in [5, 5.41) is 4.27. The highest BCUT2D eigenvalue weighted by molar-refractivity contribution is 6.24. The zero-order valence-electron chi connectivity index (χ0n) is 17.6. The first-order valence-electron chi connectivity index (χ1n) is 10.5. The molecule has 2 fully saturated rings. The molecule has 2 heterocycles. The van der Waals surface area contributed by atoms with Crippen LogP contribution in [0, 0.1) is 11.7 Å². The van der Waals surface area contributed by atoms with Gasteiger partial charge in [0.1, 0.15) is 11.7 Å². The molecule has 0 unspecified atom stereocenters. The zero-order valence-corrected chi connectivity index (χ0v) is 17.6. The van der Waals surface area contributed by atoms with Crippen molar-refractivity contribution in [2.45, 2.75) is 19.1 Å². The van der Waals surface area contributed by atoms with Crippen LogP contribution in [0.4, 0.5) is 21.5 Å². The number of halogens is 1. The quantitative estimate of drug-likeness (QED) is 0.618. The summed E-state index contributed by atoms with van der Waals surface area (Å²) in [5.74, 6) is -2.85. The minimum atomic E-state index is -1.09. The fourth-order valence-corrected chi connectivity index (χ4v) is 4.39. The highest BCUT2D eigenvalue weighted by Gasteiger charge is 2.60. The maximum atomic E-state index is 14.4. The molecule has 3 amide bonds. The van der Waals surface area contributed by atoms with Crippen molar-refractivity contribution in [3.8, 4) is 0 Å². The van der Waals surface area contributed by atoms with E-state index in [-0.39, 0.29) is 11.6 Å². The number of amides is 3. The Kier molecular flexibility index (Phi) is 5.14. The first-order chi connectivity index (χ1) is 16.0. The van der Waals surface area contributed by atoms with Gasteiger partial charge in [-0.2, -0.15) is 0 Å². The molecule has 2 saturated heterocycles. The van der Waals surface area contributed by atoms with Gasteiger partial charge in [-0.05, 0) is 42.0 Å². The van der Waals surface area contributed by atoms with Crippen molar-refractivity contribution in [1.82, 2.24) is 0 Å². The fourth-order valence-electron chi connectivity index (χ4n) is 4.39. The van der Waals surface area contributed by atoms with Gasteiger partial charge in [0.05, 0.1) is 17.4 Å². The first-order valence-corrected chi connectivity index (χ1v) is 10.5. The summed E-state index contributed by atoms with van der Waals surface area (Å²) >= 11 is 0. The summed E-state index contributed by atoms with van der Waals surface area (Å²) in [5.41, 5.74) is 1.92. The van der Waals surface area contributed by atoms with E-state index in [0.29, 0.717) is 11.4 Å². The Balaban J connectivity index is 1.56. The Labute approximate surface area is 189 Å². The molecule has 7 nitrogen and oxygen atoms in total. The number of carbonyl (C=O) groups excluding carboxylic acids is 3. The standard InChI is InChI=1S/C25H20FN3O4/c1-15(30)27-17-13-11-16(12-14-17)22-21-23(33-29(22)18-7-3-2-4-8-18)25(32)28(24(21)31)20-10-6-5-9-19(20)26/h2-14,21-23H,1H3,(H,27,30)/t21-,22+,23-/m0/s1. The van der Waals surface area contributed by atoms with E-state index in [4.69, 9.17) is 4.84 Å². The van der Waals surface area contributed by atoms with Crippen LogP contribution in [-0.2, 0) is 19.2 Å². The molecule has 1 N–H and O–H groups in total. The lowest BCUT2D eigenvalue weighted by Crippen LogP contribution is -2.37. The highest BCUT2D eigenvalue weighted by Crippen LogP contribution is 2.47. The first kappa shape index (κ1) is 20.8. The molecule has 166 valence electrons. The second-order valence-electron chi connectivity index (χ2n) is 7.92. The molecular weight excluding hydrogens is 425 g/mol. The molecule has 3 aromatic carbocycles. The molecule has 0 aliphatic carbocycles. The summed E-state index contributed by atoms with van der Waals surface area (Å²) in [6.45, 7) is 1.42. The monoisotopic (exact) mass is 445 g/mol. The topological polar surface area (TPSA) is 79.0 Å². The average molecular weight is 445 g/mol. The van der Waals surface area contributed by atoms with E-state index in [0.717, 1.165) is 10.5 Å². The van der Waals surface area contributed by atoms with Crippen molar-refractivity contribution >= 4 is 34.8 Å². The summed E-state index contributed by atoms with van der Waals surface area (Å²) in [4.78, 5) is 45.0. The zero-order chi connectivity index (χ0) is 23.1. The normalized spacial score (nSPS) is 21.9. The van der Waals surface area contributed by atoms with Gasteiger partial charge in [0.15, 0.2) is 6.10 Å². The van der Waals surface area contributed by atoms with Crippen molar-refractivity contribution in [2.75, 3.05) is 15.3 Å². The summed E-state index contributed by atoms with van der Waals surface area (Å²) < 4.78 is 14.4. The minimum absolute atomic E-state index is 0.0866. The Morgan fingerprint density at radius 2 is 1.58 bits per heavy atom. The number of hydrogen-bond acceptors (Lipinski definition) is 5. The third-order valence-corrected chi connectivity index (χ3v) is 5.79. The van der Waals surface area contributed by atoms with E-state index in [1.165, 1.54) is 25.1 Å². The molecule has 0 aromatic heterocycles. The largest absolute Gasteiger partial charge is 0.326 e. The van der Waals surface area contributed by atoms with E-state index in [1.807, 2.05) is 30.3 Å². The number of nitrogens with zero attached hydrogens (tertiary/aromatic N) is 2. The summed E-state index contributed by atoms with van der Waals surface area (Å²) in [7, 11) is 0. The number of fused-ring (bicyclic) bond motifs is 1. The molecule has 0 spiro atoms. The molecule has 2 aliphatic rings. The van der Waals surface area contributed by atoms with Crippen LogP contribution < -0.4 is 15.3 Å².